The van der Waals surface area contributed by atoms with E-state index in [1.807, 2.05) is 55.5 Å². The largest absolute Gasteiger partial charge is 0.385 e. The Morgan fingerprint density at radius 1 is 0.917 bits per heavy atom. The molecule has 0 aliphatic rings. The van der Waals surface area contributed by atoms with Gasteiger partial charge in [-0.3, -0.25) is 9.59 Å². The van der Waals surface area contributed by atoms with Crippen molar-refractivity contribution in [1.29, 1.82) is 0 Å². The van der Waals surface area contributed by atoms with Crippen LogP contribution in [0.2, 0.25) is 0 Å². The third-order valence-electron chi connectivity index (χ3n) is 3.50. The van der Waals surface area contributed by atoms with Crippen LogP contribution in [0.5, 0.6) is 0 Å². The number of carbonyl (C=O) groups excluding carboxylic acids is 2. The van der Waals surface area contributed by atoms with E-state index in [0.29, 0.717) is 19.5 Å². The summed E-state index contributed by atoms with van der Waals surface area (Å²) < 4.78 is 0. The van der Waals surface area contributed by atoms with Gasteiger partial charge in [-0.15, -0.1) is 0 Å². The number of carbonyl (C=O) groups is 2. The number of aryl methyl sites for hydroxylation is 1. The van der Waals surface area contributed by atoms with Gasteiger partial charge in [0.15, 0.2) is 0 Å². The van der Waals surface area contributed by atoms with Crippen molar-refractivity contribution in [3.63, 3.8) is 0 Å². The Kier molecular flexibility index (Phi) is 6.37. The van der Waals surface area contributed by atoms with Gasteiger partial charge in [0.25, 0.3) is 0 Å². The summed E-state index contributed by atoms with van der Waals surface area (Å²) in [6, 6.07) is 15.5. The Labute approximate surface area is 142 Å². The third-order valence-corrected chi connectivity index (χ3v) is 3.50. The summed E-state index contributed by atoms with van der Waals surface area (Å²) in [4.78, 5) is 22.8. The van der Waals surface area contributed by atoms with Gasteiger partial charge in [-0.2, -0.15) is 0 Å². The van der Waals surface area contributed by atoms with Gasteiger partial charge >= 0.3 is 0 Å². The number of benzene rings is 2. The zero-order valence-electron chi connectivity index (χ0n) is 14.1. The Morgan fingerprint density at radius 2 is 1.54 bits per heavy atom. The molecule has 5 nitrogen and oxygen atoms in total. The Hall–Kier alpha value is -2.82. The van der Waals surface area contributed by atoms with Crippen LogP contribution >= 0.6 is 0 Å². The molecule has 0 fully saturated rings. The van der Waals surface area contributed by atoms with Crippen molar-refractivity contribution in [3.05, 3.63) is 59.7 Å². The molecular formula is C19H23N3O2. The van der Waals surface area contributed by atoms with Gasteiger partial charge in [0.05, 0.1) is 0 Å². The molecule has 0 atom stereocenters. The van der Waals surface area contributed by atoms with E-state index in [2.05, 4.69) is 16.0 Å². The number of amides is 2. The first-order chi connectivity index (χ1) is 11.5. The van der Waals surface area contributed by atoms with Gasteiger partial charge in [-0.25, -0.2) is 0 Å². The fourth-order valence-electron chi connectivity index (χ4n) is 2.19. The molecule has 0 heterocycles. The molecule has 0 aliphatic heterocycles. The first kappa shape index (κ1) is 17.5. The fraction of sp³-hybridized carbons (Fsp3) is 0.263. The highest BCUT2D eigenvalue weighted by molar-refractivity contribution is 5.88. The molecule has 2 amide bonds. The first-order valence-electron chi connectivity index (χ1n) is 7.97. The second kappa shape index (κ2) is 8.72. The van der Waals surface area contributed by atoms with Crippen molar-refractivity contribution in [3.8, 4) is 0 Å². The zero-order valence-corrected chi connectivity index (χ0v) is 14.1. The highest BCUT2D eigenvalue weighted by Crippen LogP contribution is 2.13. The molecule has 3 N–H and O–H groups in total. The minimum atomic E-state index is -0.0963. The number of rotatable bonds is 7. The molecule has 0 radical (unpaired) electrons. The summed E-state index contributed by atoms with van der Waals surface area (Å²) in [5.74, 6) is -0.0844. The summed E-state index contributed by atoms with van der Waals surface area (Å²) in [6.07, 6.45) is 0.402. The zero-order chi connectivity index (χ0) is 17.4. The molecule has 0 saturated heterocycles. The molecule has 0 bridgehead atoms. The third kappa shape index (κ3) is 6.12. The van der Waals surface area contributed by atoms with Crippen molar-refractivity contribution < 1.29 is 9.59 Å². The minimum Gasteiger partial charge on any atom is -0.385 e. The number of hydrogen-bond donors (Lipinski definition) is 3. The lowest BCUT2D eigenvalue weighted by Crippen LogP contribution is -2.24. The number of nitrogens with one attached hydrogen (secondary N) is 3. The van der Waals surface area contributed by atoms with Crippen LogP contribution in [0.1, 0.15) is 24.5 Å². The highest BCUT2D eigenvalue weighted by Gasteiger charge is 2.02. The predicted molar refractivity (Wildman–Crippen MR) is 96.9 cm³/mol. The molecule has 0 unspecified atom stereocenters. The van der Waals surface area contributed by atoms with Crippen LogP contribution in [-0.2, 0) is 16.1 Å². The molecule has 0 aromatic heterocycles. The SMILES string of the molecule is CC(=O)Nc1ccc(NCCC(=O)NCc2ccc(C)cc2)cc1. The molecule has 24 heavy (non-hydrogen) atoms. The van der Waals surface area contributed by atoms with Crippen LogP contribution in [-0.4, -0.2) is 18.4 Å². The van der Waals surface area contributed by atoms with E-state index in [0.717, 1.165) is 16.9 Å². The molecule has 0 aliphatic carbocycles. The Balaban J connectivity index is 1.68. The smallest absolute Gasteiger partial charge is 0.222 e. The summed E-state index contributed by atoms with van der Waals surface area (Å²) in [7, 11) is 0. The maximum atomic E-state index is 11.9. The summed E-state index contributed by atoms with van der Waals surface area (Å²) >= 11 is 0. The standard InChI is InChI=1S/C19H23N3O2/c1-14-3-5-16(6-4-14)13-21-19(24)11-12-20-17-7-9-18(10-8-17)22-15(2)23/h3-10,20H,11-13H2,1-2H3,(H,21,24)(H,22,23). The summed E-state index contributed by atoms with van der Waals surface area (Å²) in [5, 5.41) is 8.81. The molecule has 126 valence electrons. The average molecular weight is 325 g/mol. The van der Waals surface area contributed by atoms with E-state index in [4.69, 9.17) is 0 Å². The van der Waals surface area contributed by atoms with Crippen LogP contribution in [0, 0.1) is 6.92 Å². The van der Waals surface area contributed by atoms with Crippen molar-refractivity contribution in [2.24, 2.45) is 0 Å². The number of hydrogen-bond acceptors (Lipinski definition) is 3. The van der Waals surface area contributed by atoms with Crippen molar-refractivity contribution in [2.45, 2.75) is 26.8 Å². The fourth-order valence-corrected chi connectivity index (χ4v) is 2.19. The molecule has 2 aromatic rings. The topological polar surface area (TPSA) is 70.2 Å². The van der Waals surface area contributed by atoms with Gasteiger partial charge in [-0.05, 0) is 36.8 Å². The normalized spacial score (nSPS) is 10.1. The van der Waals surface area contributed by atoms with Crippen LogP contribution in [0.15, 0.2) is 48.5 Å². The Morgan fingerprint density at radius 3 is 2.17 bits per heavy atom. The first-order valence-corrected chi connectivity index (χ1v) is 7.97. The van der Waals surface area contributed by atoms with Gasteiger partial charge in [0.1, 0.15) is 0 Å². The van der Waals surface area contributed by atoms with Gasteiger partial charge < -0.3 is 16.0 Å². The van der Waals surface area contributed by atoms with Crippen molar-refractivity contribution >= 4 is 23.2 Å². The van der Waals surface area contributed by atoms with Crippen LogP contribution < -0.4 is 16.0 Å². The molecule has 0 spiro atoms. The van der Waals surface area contributed by atoms with Crippen LogP contribution in [0.3, 0.4) is 0 Å². The van der Waals surface area contributed by atoms with E-state index in [-0.39, 0.29) is 11.8 Å². The van der Waals surface area contributed by atoms with E-state index < -0.39 is 0 Å². The van der Waals surface area contributed by atoms with Crippen LogP contribution in [0.4, 0.5) is 11.4 Å². The molecular weight excluding hydrogens is 302 g/mol. The van der Waals surface area contributed by atoms with E-state index >= 15 is 0 Å². The average Bonchev–Trinajstić information content (AvgIpc) is 2.55. The lowest BCUT2D eigenvalue weighted by Gasteiger charge is -2.09. The number of anilines is 2. The molecule has 2 aromatic carbocycles. The molecule has 5 heteroatoms. The van der Waals surface area contributed by atoms with Gasteiger partial charge in [0, 0.05) is 37.8 Å². The quantitative estimate of drug-likeness (QED) is 0.733. The van der Waals surface area contributed by atoms with E-state index in [9.17, 15) is 9.59 Å². The minimum absolute atomic E-state index is 0.0120. The second-order valence-electron chi connectivity index (χ2n) is 5.70. The van der Waals surface area contributed by atoms with Gasteiger partial charge in [0.2, 0.25) is 11.8 Å². The van der Waals surface area contributed by atoms with Crippen molar-refractivity contribution in [2.75, 3.05) is 17.2 Å². The highest BCUT2D eigenvalue weighted by atomic mass is 16.2. The lowest BCUT2D eigenvalue weighted by molar-refractivity contribution is -0.121. The Bertz CT molecular complexity index is 679. The van der Waals surface area contributed by atoms with Crippen molar-refractivity contribution in [1.82, 2.24) is 5.32 Å². The monoisotopic (exact) mass is 325 g/mol. The van der Waals surface area contributed by atoms with E-state index in [1.165, 1.54) is 12.5 Å². The predicted octanol–water partition coefficient (Wildman–Crippen LogP) is 3.07. The van der Waals surface area contributed by atoms with E-state index in [1.54, 1.807) is 0 Å². The molecule has 2 rings (SSSR count). The van der Waals surface area contributed by atoms with Crippen LogP contribution in [0.25, 0.3) is 0 Å². The maximum absolute atomic E-state index is 11.9. The second-order valence-corrected chi connectivity index (χ2v) is 5.70. The maximum Gasteiger partial charge on any atom is 0.222 e. The van der Waals surface area contributed by atoms with Gasteiger partial charge in [-0.1, -0.05) is 29.8 Å². The summed E-state index contributed by atoms with van der Waals surface area (Å²) in [5.41, 5.74) is 3.97. The molecule has 0 saturated carbocycles. The summed E-state index contributed by atoms with van der Waals surface area (Å²) in [6.45, 7) is 4.61. The lowest BCUT2D eigenvalue weighted by atomic mass is 10.1.